The molecule has 0 atom stereocenters. The molecule has 11 nitrogen and oxygen atoms in total. The standard InChI is InChI=1S/C23H16N4O7S/c1-33-20-11-14(12-21-22(28)25-23(35-21)24-15-5-3-2-4-6-15)7-9-19(20)34-18-10-8-16(26(29)30)13-17(18)27(31)32/h2-13H,1H3,(H,24,25,28). The summed E-state index contributed by atoms with van der Waals surface area (Å²) in [6.45, 7) is 0. The Morgan fingerprint density at radius 3 is 2.37 bits per heavy atom. The van der Waals surface area contributed by atoms with E-state index in [1.54, 1.807) is 18.2 Å². The number of carbonyl (C=O) groups is 1. The number of carbonyl (C=O) groups excluding carboxylic acids is 1. The molecule has 0 radical (unpaired) electrons. The third-order valence-corrected chi connectivity index (χ3v) is 5.60. The maximum Gasteiger partial charge on any atom is 0.318 e. The van der Waals surface area contributed by atoms with Gasteiger partial charge >= 0.3 is 5.69 Å². The summed E-state index contributed by atoms with van der Waals surface area (Å²) >= 11 is 1.19. The first kappa shape index (κ1) is 23.4. The average Bonchev–Trinajstić information content (AvgIpc) is 3.18. The Kier molecular flexibility index (Phi) is 6.73. The lowest BCUT2D eigenvalue weighted by molar-refractivity contribution is -0.394. The Hall–Kier alpha value is -4.71. The number of thioether (sulfide) groups is 1. The number of hydrogen-bond donors (Lipinski definition) is 1. The molecule has 1 heterocycles. The van der Waals surface area contributed by atoms with Crippen molar-refractivity contribution in [1.29, 1.82) is 0 Å². The second-order valence-electron chi connectivity index (χ2n) is 7.00. The normalized spacial score (nSPS) is 15.2. The second-order valence-corrected chi connectivity index (χ2v) is 8.03. The SMILES string of the molecule is COc1cc(C=C2SC(=Nc3ccccc3)NC2=O)ccc1Oc1ccc([N+](=O)[O-])cc1[N+](=O)[O-]. The van der Waals surface area contributed by atoms with Crippen molar-refractivity contribution in [2.45, 2.75) is 0 Å². The summed E-state index contributed by atoms with van der Waals surface area (Å²) in [5.74, 6) is -0.0852. The molecule has 1 N–H and O–H groups in total. The minimum absolute atomic E-state index is 0.154. The predicted octanol–water partition coefficient (Wildman–Crippen LogP) is 5.20. The van der Waals surface area contributed by atoms with Crippen molar-refractivity contribution in [3.05, 3.63) is 97.4 Å². The van der Waals surface area contributed by atoms with Gasteiger partial charge in [-0.05, 0) is 53.7 Å². The summed E-state index contributed by atoms with van der Waals surface area (Å²) < 4.78 is 11.0. The lowest BCUT2D eigenvalue weighted by Crippen LogP contribution is -2.19. The van der Waals surface area contributed by atoms with E-state index in [0.29, 0.717) is 21.3 Å². The zero-order chi connectivity index (χ0) is 24.9. The fourth-order valence-corrected chi connectivity index (χ4v) is 3.92. The van der Waals surface area contributed by atoms with Crippen LogP contribution in [0.2, 0.25) is 0 Å². The average molecular weight is 492 g/mol. The highest BCUT2D eigenvalue weighted by atomic mass is 32.2. The number of aliphatic imine (C=N–C) groups is 1. The smallest absolute Gasteiger partial charge is 0.318 e. The molecule has 12 heteroatoms. The molecule has 1 amide bonds. The highest BCUT2D eigenvalue weighted by molar-refractivity contribution is 8.18. The number of non-ortho nitro benzene ring substituents is 1. The number of rotatable bonds is 7. The fraction of sp³-hybridized carbons (Fsp3) is 0.0435. The van der Waals surface area contributed by atoms with E-state index in [0.717, 1.165) is 18.2 Å². The Bertz CT molecular complexity index is 1390. The van der Waals surface area contributed by atoms with Gasteiger partial charge in [0.1, 0.15) is 0 Å². The largest absolute Gasteiger partial charge is 0.493 e. The molecule has 3 aromatic rings. The van der Waals surface area contributed by atoms with Crippen LogP contribution in [0.4, 0.5) is 17.1 Å². The van der Waals surface area contributed by atoms with Crippen molar-refractivity contribution in [3.63, 3.8) is 0 Å². The Labute approximate surface area is 202 Å². The first-order valence-corrected chi connectivity index (χ1v) is 10.8. The maximum absolute atomic E-state index is 12.4. The quantitative estimate of drug-likeness (QED) is 0.269. The van der Waals surface area contributed by atoms with Crippen LogP contribution in [0.15, 0.2) is 76.6 Å². The van der Waals surface area contributed by atoms with E-state index >= 15 is 0 Å². The van der Waals surface area contributed by atoms with Crippen LogP contribution >= 0.6 is 11.8 Å². The third-order valence-electron chi connectivity index (χ3n) is 4.69. The summed E-state index contributed by atoms with van der Waals surface area (Å²) in [6.07, 6.45) is 1.65. The van der Waals surface area contributed by atoms with Gasteiger partial charge in [0.05, 0.1) is 33.6 Å². The molecule has 4 rings (SSSR count). The van der Waals surface area contributed by atoms with Gasteiger partial charge in [-0.15, -0.1) is 0 Å². The number of amides is 1. The van der Waals surface area contributed by atoms with Crippen molar-refractivity contribution in [2.24, 2.45) is 4.99 Å². The van der Waals surface area contributed by atoms with E-state index in [9.17, 15) is 25.0 Å². The van der Waals surface area contributed by atoms with Crippen LogP contribution in [0.1, 0.15) is 5.56 Å². The molecule has 1 aliphatic heterocycles. The highest BCUT2D eigenvalue weighted by Crippen LogP contribution is 2.39. The van der Waals surface area contributed by atoms with Gasteiger partial charge in [0.2, 0.25) is 5.75 Å². The number of methoxy groups -OCH3 is 1. The summed E-state index contributed by atoms with van der Waals surface area (Å²) in [4.78, 5) is 38.0. The van der Waals surface area contributed by atoms with E-state index in [1.807, 2.05) is 30.3 Å². The molecule has 176 valence electrons. The molecule has 0 spiro atoms. The molecule has 3 aromatic carbocycles. The van der Waals surface area contributed by atoms with Gasteiger partial charge < -0.3 is 14.8 Å². The molecule has 0 unspecified atom stereocenters. The molecule has 1 fully saturated rings. The first-order chi connectivity index (χ1) is 16.8. The van der Waals surface area contributed by atoms with E-state index in [2.05, 4.69) is 10.3 Å². The first-order valence-electron chi connectivity index (χ1n) is 9.97. The van der Waals surface area contributed by atoms with Gasteiger partial charge in [-0.1, -0.05) is 24.3 Å². The molecule has 0 saturated carbocycles. The van der Waals surface area contributed by atoms with Gasteiger partial charge in [0.25, 0.3) is 11.6 Å². The maximum atomic E-state index is 12.4. The van der Waals surface area contributed by atoms with Crippen LogP contribution < -0.4 is 14.8 Å². The number of para-hydroxylation sites is 1. The van der Waals surface area contributed by atoms with E-state index in [4.69, 9.17) is 9.47 Å². The molecule has 1 saturated heterocycles. The van der Waals surface area contributed by atoms with Crippen molar-refractivity contribution in [2.75, 3.05) is 7.11 Å². The van der Waals surface area contributed by atoms with Crippen molar-refractivity contribution in [1.82, 2.24) is 5.32 Å². The van der Waals surface area contributed by atoms with E-state index in [-0.39, 0.29) is 23.2 Å². The zero-order valence-corrected chi connectivity index (χ0v) is 18.9. The van der Waals surface area contributed by atoms with Crippen molar-refractivity contribution in [3.8, 4) is 17.2 Å². The van der Waals surface area contributed by atoms with Crippen LogP contribution in [0, 0.1) is 20.2 Å². The number of amidine groups is 1. The Morgan fingerprint density at radius 1 is 0.943 bits per heavy atom. The van der Waals surface area contributed by atoms with E-state index < -0.39 is 21.2 Å². The predicted molar refractivity (Wildman–Crippen MR) is 130 cm³/mol. The second kappa shape index (κ2) is 10.1. The van der Waals surface area contributed by atoms with Gasteiger partial charge in [-0.25, -0.2) is 4.99 Å². The summed E-state index contributed by atoms with van der Waals surface area (Å²) in [6, 6.07) is 17.0. The molecule has 0 aromatic heterocycles. The van der Waals surface area contributed by atoms with Crippen molar-refractivity contribution < 1.29 is 24.1 Å². The number of nitro groups is 2. The van der Waals surface area contributed by atoms with Crippen LogP contribution in [0.25, 0.3) is 6.08 Å². The molecular formula is C23H16N4O7S. The van der Waals surface area contributed by atoms with Crippen LogP contribution in [0.3, 0.4) is 0 Å². The van der Waals surface area contributed by atoms with Crippen LogP contribution in [-0.2, 0) is 4.79 Å². The lowest BCUT2D eigenvalue weighted by atomic mass is 10.2. The molecule has 0 bridgehead atoms. The number of benzene rings is 3. The molecule has 0 aliphatic carbocycles. The van der Waals surface area contributed by atoms with Crippen molar-refractivity contribution >= 4 is 46.0 Å². The topological polar surface area (TPSA) is 146 Å². The Morgan fingerprint density at radius 2 is 1.69 bits per heavy atom. The monoisotopic (exact) mass is 492 g/mol. The molecule has 35 heavy (non-hydrogen) atoms. The van der Waals surface area contributed by atoms with Crippen LogP contribution in [0.5, 0.6) is 17.2 Å². The lowest BCUT2D eigenvalue weighted by Gasteiger charge is -2.11. The number of nitrogens with one attached hydrogen (secondary N) is 1. The highest BCUT2D eigenvalue weighted by Gasteiger charge is 2.25. The number of ether oxygens (including phenoxy) is 2. The summed E-state index contributed by atoms with van der Waals surface area (Å²) in [5, 5.41) is 25.5. The fourth-order valence-electron chi connectivity index (χ4n) is 3.08. The van der Waals surface area contributed by atoms with Gasteiger partial charge in [-0.2, -0.15) is 0 Å². The van der Waals surface area contributed by atoms with Gasteiger partial charge in [0, 0.05) is 6.07 Å². The number of nitro benzene ring substituents is 2. The zero-order valence-electron chi connectivity index (χ0n) is 18.0. The number of hydrogen-bond acceptors (Lipinski definition) is 9. The minimum Gasteiger partial charge on any atom is -0.493 e. The van der Waals surface area contributed by atoms with Crippen LogP contribution in [-0.4, -0.2) is 28.0 Å². The third kappa shape index (κ3) is 5.45. The molecular weight excluding hydrogens is 476 g/mol. The summed E-state index contributed by atoms with van der Waals surface area (Å²) in [7, 11) is 1.39. The minimum atomic E-state index is -0.766. The van der Waals surface area contributed by atoms with E-state index in [1.165, 1.54) is 24.9 Å². The Balaban J connectivity index is 1.58. The van der Waals surface area contributed by atoms with Gasteiger partial charge in [0.15, 0.2) is 16.7 Å². The van der Waals surface area contributed by atoms with Gasteiger partial charge in [-0.3, -0.25) is 25.0 Å². The molecule has 1 aliphatic rings. The summed E-state index contributed by atoms with van der Waals surface area (Å²) in [5.41, 5.74) is 0.336. The number of nitrogens with zero attached hydrogens (tertiary/aromatic N) is 3.